The lowest BCUT2D eigenvalue weighted by Crippen LogP contribution is -2.52. The fraction of sp³-hybridized carbons (Fsp3) is 1.00. The van der Waals surface area contributed by atoms with Crippen LogP contribution in [0, 0.1) is 5.92 Å². The first kappa shape index (κ1) is 10.4. The molecule has 2 rings (SSSR count). The van der Waals surface area contributed by atoms with Gasteiger partial charge in [-0.25, -0.2) is 0 Å². The molecule has 2 fully saturated rings. The monoisotopic (exact) mass is 197 g/mol. The number of nitrogens with zero attached hydrogens (tertiary/aromatic N) is 1. The molecule has 14 heavy (non-hydrogen) atoms. The van der Waals surface area contributed by atoms with Crippen molar-refractivity contribution in [1.82, 2.24) is 4.90 Å². The number of rotatable bonds is 4. The SMILES string of the molecule is CCCC1CN(CC2(O)CCCC2)C1. The molecule has 1 N–H and O–H groups in total. The molecule has 0 aromatic heterocycles. The molecule has 2 aliphatic rings. The minimum absolute atomic E-state index is 0.322. The number of aliphatic hydroxyl groups is 1. The van der Waals surface area contributed by atoms with Gasteiger partial charge in [0.2, 0.25) is 0 Å². The third-order valence-electron chi connectivity index (χ3n) is 3.78. The highest BCUT2D eigenvalue weighted by Gasteiger charge is 2.36. The second kappa shape index (κ2) is 4.19. The predicted octanol–water partition coefficient (Wildman–Crippen LogP) is 2.02. The van der Waals surface area contributed by atoms with E-state index in [9.17, 15) is 5.11 Å². The average molecular weight is 197 g/mol. The third-order valence-corrected chi connectivity index (χ3v) is 3.78. The van der Waals surface area contributed by atoms with E-state index in [0.717, 1.165) is 25.3 Å². The van der Waals surface area contributed by atoms with Gasteiger partial charge in [0, 0.05) is 19.6 Å². The maximum absolute atomic E-state index is 10.2. The van der Waals surface area contributed by atoms with Crippen LogP contribution in [0.3, 0.4) is 0 Å². The Kier molecular flexibility index (Phi) is 3.13. The molecule has 1 aliphatic heterocycles. The van der Waals surface area contributed by atoms with Crippen molar-refractivity contribution in [1.29, 1.82) is 0 Å². The van der Waals surface area contributed by atoms with Crippen LogP contribution in [0.1, 0.15) is 45.4 Å². The minimum Gasteiger partial charge on any atom is -0.389 e. The van der Waals surface area contributed by atoms with Gasteiger partial charge in [-0.05, 0) is 25.2 Å². The fourth-order valence-corrected chi connectivity index (χ4v) is 3.00. The van der Waals surface area contributed by atoms with Gasteiger partial charge in [-0.3, -0.25) is 4.90 Å². The average Bonchev–Trinajstić information content (AvgIpc) is 2.49. The predicted molar refractivity (Wildman–Crippen MR) is 58.3 cm³/mol. The van der Waals surface area contributed by atoms with E-state index in [4.69, 9.17) is 0 Å². The summed E-state index contributed by atoms with van der Waals surface area (Å²) < 4.78 is 0. The Labute approximate surface area is 87.3 Å². The second-order valence-corrected chi connectivity index (χ2v) is 5.28. The van der Waals surface area contributed by atoms with Gasteiger partial charge in [-0.1, -0.05) is 26.2 Å². The third kappa shape index (κ3) is 2.29. The van der Waals surface area contributed by atoms with Crippen LogP contribution in [0.4, 0.5) is 0 Å². The van der Waals surface area contributed by atoms with E-state index in [0.29, 0.717) is 0 Å². The number of likely N-dealkylation sites (tertiary alicyclic amines) is 1. The summed E-state index contributed by atoms with van der Waals surface area (Å²) in [6.45, 7) is 5.66. The molecular formula is C12H23NO. The zero-order chi connectivity index (χ0) is 10.0. The molecule has 0 aromatic rings. The van der Waals surface area contributed by atoms with Gasteiger partial charge in [0.1, 0.15) is 0 Å². The first-order chi connectivity index (χ1) is 6.72. The molecule has 0 spiro atoms. The van der Waals surface area contributed by atoms with Crippen molar-refractivity contribution in [3.05, 3.63) is 0 Å². The fourth-order valence-electron chi connectivity index (χ4n) is 3.00. The van der Waals surface area contributed by atoms with E-state index in [2.05, 4.69) is 11.8 Å². The van der Waals surface area contributed by atoms with Crippen LogP contribution in [0.15, 0.2) is 0 Å². The van der Waals surface area contributed by atoms with Crippen LogP contribution in [0.2, 0.25) is 0 Å². The summed E-state index contributed by atoms with van der Waals surface area (Å²) in [5.41, 5.74) is -0.322. The molecular weight excluding hydrogens is 174 g/mol. The summed E-state index contributed by atoms with van der Waals surface area (Å²) in [6, 6.07) is 0. The largest absolute Gasteiger partial charge is 0.389 e. The van der Waals surface area contributed by atoms with Crippen molar-refractivity contribution in [3.8, 4) is 0 Å². The van der Waals surface area contributed by atoms with Gasteiger partial charge in [0.05, 0.1) is 5.60 Å². The molecule has 0 aromatic carbocycles. The normalized spacial score (nSPS) is 27.9. The summed E-state index contributed by atoms with van der Waals surface area (Å²) >= 11 is 0. The Morgan fingerprint density at radius 2 is 1.93 bits per heavy atom. The Hall–Kier alpha value is -0.0800. The first-order valence-electron chi connectivity index (χ1n) is 6.16. The van der Waals surface area contributed by atoms with Crippen molar-refractivity contribution in [2.24, 2.45) is 5.92 Å². The molecule has 1 saturated heterocycles. The lowest BCUT2D eigenvalue weighted by Gasteiger charge is -2.43. The van der Waals surface area contributed by atoms with Gasteiger partial charge in [0.15, 0.2) is 0 Å². The molecule has 1 saturated carbocycles. The van der Waals surface area contributed by atoms with Gasteiger partial charge in [-0.2, -0.15) is 0 Å². The Bertz CT molecular complexity index is 181. The molecule has 0 radical (unpaired) electrons. The maximum Gasteiger partial charge on any atom is 0.0774 e. The van der Waals surface area contributed by atoms with Crippen LogP contribution >= 0.6 is 0 Å². The van der Waals surface area contributed by atoms with E-state index in [1.807, 2.05) is 0 Å². The Morgan fingerprint density at radius 3 is 2.50 bits per heavy atom. The zero-order valence-electron chi connectivity index (χ0n) is 9.34. The molecule has 2 heteroatoms. The van der Waals surface area contributed by atoms with Crippen molar-refractivity contribution in [2.75, 3.05) is 19.6 Å². The van der Waals surface area contributed by atoms with Crippen molar-refractivity contribution < 1.29 is 5.11 Å². The highest BCUT2D eigenvalue weighted by Crippen LogP contribution is 2.32. The summed E-state index contributed by atoms with van der Waals surface area (Å²) in [6.07, 6.45) is 7.19. The smallest absolute Gasteiger partial charge is 0.0774 e. The molecule has 0 atom stereocenters. The van der Waals surface area contributed by atoms with E-state index in [1.165, 1.54) is 38.8 Å². The molecule has 0 amide bonds. The lowest BCUT2D eigenvalue weighted by atomic mass is 9.92. The van der Waals surface area contributed by atoms with Crippen molar-refractivity contribution in [3.63, 3.8) is 0 Å². The molecule has 1 aliphatic carbocycles. The van der Waals surface area contributed by atoms with Gasteiger partial charge >= 0.3 is 0 Å². The van der Waals surface area contributed by atoms with Gasteiger partial charge < -0.3 is 5.11 Å². The molecule has 0 unspecified atom stereocenters. The van der Waals surface area contributed by atoms with Crippen LogP contribution in [-0.4, -0.2) is 35.2 Å². The van der Waals surface area contributed by atoms with Crippen molar-refractivity contribution >= 4 is 0 Å². The molecule has 82 valence electrons. The summed E-state index contributed by atoms with van der Waals surface area (Å²) in [5, 5.41) is 10.2. The van der Waals surface area contributed by atoms with Crippen LogP contribution in [0.25, 0.3) is 0 Å². The second-order valence-electron chi connectivity index (χ2n) is 5.28. The number of hydrogen-bond donors (Lipinski definition) is 1. The lowest BCUT2D eigenvalue weighted by molar-refractivity contribution is -0.0281. The van der Waals surface area contributed by atoms with E-state index < -0.39 is 0 Å². The molecule has 0 bridgehead atoms. The summed E-state index contributed by atoms with van der Waals surface area (Å²) in [7, 11) is 0. The first-order valence-corrected chi connectivity index (χ1v) is 6.16. The quantitative estimate of drug-likeness (QED) is 0.745. The molecule has 1 heterocycles. The van der Waals surface area contributed by atoms with Crippen LogP contribution < -0.4 is 0 Å². The maximum atomic E-state index is 10.2. The van der Waals surface area contributed by atoms with Crippen LogP contribution in [0.5, 0.6) is 0 Å². The topological polar surface area (TPSA) is 23.5 Å². The Balaban J connectivity index is 1.68. The highest BCUT2D eigenvalue weighted by atomic mass is 16.3. The zero-order valence-corrected chi connectivity index (χ0v) is 9.34. The highest BCUT2D eigenvalue weighted by molar-refractivity contribution is 4.91. The van der Waals surface area contributed by atoms with Crippen LogP contribution in [-0.2, 0) is 0 Å². The standard InChI is InChI=1S/C12H23NO/c1-2-5-11-8-13(9-11)10-12(14)6-3-4-7-12/h11,14H,2-10H2,1H3. The summed E-state index contributed by atoms with van der Waals surface area (Å²) in [5.74, 6) is 0.921. The minimum atomic E-state index is -0.322. The number of hydrogen-bond acceptors (Lipinski definition) is 2. The van der Waals surface area contributed by atoms with Crippen molar-refractivity contribution in [2.45, 2.75) is 51.0 Å². The van der Waals surface area contributed by atoms with E-state index in [1.54, 1.807) is 0 Å². The number of β-amino-alcohol motifs (C(OH)–C–C–N with tert-alkyl or cyclic N) is 1. The van der Waals surface area contributed by atoms with Gasteiger partial charge in [0.25, 0.3) is 0 Å². The summed E-state index contributed by atoms with van der Waals surface area (Å²) in [4.78, 5) is 2.44. The Morgan fingerprint density at radius 1 is 1.29 bits per heavy atom. The van der Waals surface area contributed by atoms with E-state index in [-0.39, 0.29) is 5.60 Å². The molecule has 2 nitrogen and oxygen atoms in total. The van der Waals surface area contributed by atoms with Gasteiger partial charge in [-0.15, -0.1) is 0 Å². The van der Waals surface area contributed by atoms with E-state index >= 15 is 0 Å².